The summed E-state index contributed by atoms with van der Waals surface area (Å²) < 4.78 is 33.7. The molecular weight excluding hydrogens is 323 g/mol. The first kappa shape index (κ1) is 18.0. The van der Waals surface area contributed by atoms with E-state index in [-0.39, 0.29) is 0 Å². The molecule has 0 aliphatic carbocycles. The van der Waals surface area contributed by atoms with Crippen LogP contribution in [0.25, 0.3) is 10.9 Å². The number of alkyl halides is 3. The lowest BCUT2D eigenvalue weighted by Gasteiger charge is -2.18. The fourth-order valence-electron chi connectivity index (χ4n) is 2.47. The lowest BCUT2D eigenvalue weighted by molar-refractivity contribution is -0.192. The van der Waals surface area contributed by atoms with Crippen LogP contribution < -0.4 is 0 Å². The zero-order valence-corrected chi connectivity index (χ0v) is 13.3. The third-order valence-electron chi connectivity index (χ3n) is 3.81. The molecule has 0 saturated carbocycles. The van der Waals surface area contributed by atoms with Gasteiger partial charge in [0.25, 0.3) is 0 Å². The first-order valence-corrected chi connectivity index (χ1v) is 7.44. The minimum Gasteiger partial charge on any atom is -0.475 e. The molecule has 5 nitrogen and oxygen atoms in total. The number of fused-ring (bicyclic) bond motifs is 1. The van der Waals surface area contributed by atoms with Crippen LogP contribution >= 0.6 is 0 Å². The van der Waals surface area contributed by atoms with Crippen LogP contribution in [0, 0.1) is 5.92 Å². The first-order valence-electron chi connectivity index (χ1n) is 7.44. The van der Waals surface area contributed by atoms with E-state index < -0.39 is 12.1 Å². The van der Waals surface area contributed by atoms with E-state index in [9.17, 15) is 13.2 Å². The van der Waals surface area contributed by atoms with Crippen LogP contribution in [0.2, 0.25) is 0 Å². The van der Waals surface area contributed by atoms with Gasteiger partial charge in [-0.1, -0.05) is 19.1 Å². The maximum Gasteiger partial charge on any atom is 0.490 e. The summed E-state index contributed by atoms with van der Waals surface area (Å²) in [5, 5.41) is 12.7. The normalized spacial score (nSPS) is 17.9. The molecule has 0 radical (unpaired) electrons. The van der Waals surface area contributed by atoms with Crippen LogP contribution in [-0.4, -0.2) is 39.3 Å². The number of halogens is 3. The molecule has 130 valence electrons. The van der Waals surface area contributed by atoms with Gasteiger partial charge in [0, 0.05) is 30.3 Å². The van der Waals surface area contributed by atoms with E-state index in [1.807, 2.05) is 17.9 Å². The highest BCUT2D eigenvalue weighted by Gasteiger charge is 2.38. The summed E-state index contributed by atoms with van der Waals surface area (Å²) in [6.45, 7) is 3.23. The van der Waals surface area contributed by atoms with E-state index in [1.165, 1.54) is 28.6 Å². The van der Waals surface area contributed by atoms with Crippen molar-refractivity contribution in [1.29, 1.82) is 0 Å². The van der Waals surface area contributed by atoms with E-state index >= 15 is 0 Å². The number of aliphatic imine (C=N–C) groups is 1. The molecule has 24 heavy (non-hydrogen) atoms. The summed E-state index contributed by atoms with van der Waals surface area (Å²) in [6.07, 6.45) is -0.796. The molecule has 2 heterocycles. The second-order valence-corrected chi connectivity index (χ2v) is 5.74. The van der Waals surface area contributed by atoms with Gasteiger partial charge in [-0.05, 0) is 24.8 Å². The Kier molecular flexibility index (Phi) is 5.26. The van der Waals surface area contributed by atoms with Crippen LogP contribution in [0.1, 0.15) is 25.3 Å². The van der Waals surface area contributed by atoms with E-state index in [0.29, 0.717) is 0 Å². The van der Waals surface area contributed by atoms with Crippen molar-refractivity contribution in [2.24, 2.45) is 18.0 Å². The average molecular weight is 341 g/mol. The Morgan fingerprint density at radius 3 is 2.58 bits per heavy atom. The number of aryl methyl sites for hydroxylation is 1. The Hall–Kier alpha value is -2.38. The highest BCUT2D eigenvalue weighted by molar-refractivity contribution is 6.10. The highest BCUT2D eigenvalue weighted by Crippen LogP contribution is 2.24. The summed E-state index contributed by atoms with van der Waals surface area (Å²) >= 11 is 0. The van der Waals surface area contributed by atoms with Gasteiger partial charge in [0.1, 0.15) is 0 Å². The van der Waals surface area contributed by atoms with Gasteiger partial charge in [0.2, 0.25) is 0 Å². The van der Waals surface area contributed by atoms with Gasteiger partial charge < -0.3 is 5.11 Å². The number of rotatable bonds is 1. The molecule has 1 aliphatic heterocycles. The number of carboxylic acids is 1. The molecule has 1 aromatic carbocycles. The van der Waals surface area contributed by atoms with E-state index in [1.54, 1.807) is 0 Å². The molecule has 0 bridgehead atoms. The summed E-state index contributed by atoms with van der Waals surface area (Å²) in [4.78, 5) is 13.6. The topological polar surface area (TPSA) is 67.5 Å². The van der Waals surface area contributed by atoms with Crippen molar-refractivity contribution in [2.45, 2.75) is 25.9 Å². The van der Waals surface area contributed by atoms with Gasteiger partial charge in [-0.3, -0.25) is 9.67 Å². The van der Waals surface area contributed by atoms with Crippen LogP contribution in [0.5, 0.6) is 0 Å². The smallest absolute Gasteiger partial charge is 0.475 e. The number of nitrogens with zero attached hydrogens (tertiary/aromatic N) is 3. The molecule has 0 fully saturated rings. The Bertz CT molecular complexity index is 766. The molecule has 1 atom stereocenters. The molecule has 1 unspecified atom stereocenters. The van der Waals surface area contributed by atoms with Gasteiger partial charge in [0.05, 0.1) is 11.7 Å². The molecule has 1 aliphatic rings. The number of hydrogen-bond acceptors (Lipinski definition) is 3. The number of benzene rings is 1. The minimum absolute atomic E-state index is 0.729. The van der Waals surface area contributed by atoms with Gasteiger partial charge in [-0.2, -0.15) is 18.3 Å². The lowest BCUT2D eigenvalue weighted by Crippen LogP contribution is -2.21. The number of aromatic nitrogens is 2. The van der Waals surface area contributed by atoms with E-state index in [2.05, 4.69) is 30.2 Å². The average Bonchev–Trinajstić information content (AvgIpc) is 2.89. The van der Waals surface area contributed by atoms with Gasteiger partial charge in [0.15, 0.2) is 0 Å². The predicted octanol–water partition coefficient (Wildman–Crippen LogP) is 3.43. The third kappa shape index (κ3) is 4.12. The molecule has 1 N–H and O–H groups in total. The number of hydrogen-bond donors (Lipinski definition) is 1. The third-order valence-corrected chi connectivity index (χ3v) is 3.81. The Labute approximate surface area is 136 Å². The van der Waals surface area contributed by atoms with Crippen LogP contribution in [0.3, 0.4) is 0 Å². The molecule has 0 amide bonds. The summed E-state index contributed by atoms with van der Waals surface area (Å²) in [7, 11) is 1.98. The van der Waals surface area contributed by atoms with Crippen molar-refractivity contribution in [2.75, 3.05) is 6.54 Å². The van der Waals surface area contributed by atoms with Crippen molar-refractivity contribution in [3.05, 3.63) is 30.0 Å². The van der Waals surface area contributed by atoms with Crippen molar-refractivity contribution in [1.82, 2.24) is 9.78 Å². The van der Waals surface area contributed by atoms with Crippen LogP contribution in [-0.2, 0) is 11.8 Å². The van der Waals surface area contributed by atoms with Crippen molar-refractivity contribution in [3.8, 4) is 0 Å². The predicted molar refractivity (Wildman–Crippen MR) is 84.2 cm³/mol. The second-order valence-electron chi connectivity index (χ2n) is 5.74. The molecular formula is C16H18F3N3O2. The molecule has 2 aromatic rings. The molecule has 8 heteroatoms. The Balaban J connectivity index is 0.000000256. The first-order chi connectivity index (χ1) is 11.2. The maximum absolute atomic E-state index is 10.6. The fraction of sp³-hybridized carbons (Fsp3) is 0.438. The summed E-state index contributed by atoms with van der Waals surface area (Å²) in [5.41, 5.74) is 3.70. The van der Waals surface area contributed by atoms with Gasteiger partial charge in [-0.25, -0.2) is 4.79 Å². The monoisotopic (exact) mass is 341 g/mol. The van der Waals surface area contributed by atoms with E-state index in [4.69, 9.17) is 14.9 Å². The lowest BCUT2D eigenvalue weighted by atomic mass is 9.94. The maximum atomic E-state index is 10.6. The number of carbonyl (C=O) groups is 1. The van der Waals surface area contributed by atoms with Crippen LogP contribution in [0.15, 0.2) is 29.4 Å². The van der Waals surface area contributed by atoms with Crippen molar-refractivity contribution in [3.63, 3.8) is 0 Å². The quantitative estimate of drug-likeness (QED) is 0.864. The summed E-state index contributed by atoms with van der Waals surface area (Å²) in [6, 6.07) is 6.37. The molecule has 3 rings (SSSR count). The molecule has 0 spiro atoms. The zero-order chi connectivity index (χ0) is 17.9. The summed E-state index contributed by atoms with van der Waals surface area (Å²) in [5.74, 6) is -2.03. The van der Waals surface area contributed by atoms with Crippen molar-refractivity contribution >= 4 is 22.6 Å². The van der Waals surface area contributed by atoms with Crippen molar-refractivity contribution < 1.29 is 23.1 Å². The largest absolute Gasteiger partial charge is 0.490 e. The number of aliphatic carboxylic acids is 1. The SMILES string of the molecule is CC1CCC(c2cccc3c2cnn3C)=NC1.O=C(O)C(F)(F)F. The molecule has 0 saturated heterocycles. The highest BCUT2D eigenvalue weighted by atomic mass is 19.4. The fourth-order valence-corrected chi connectivity index (χ4v) is 2.47. The number of carboxylic acid groups (broad SMARTS) is 1. The van der Waals surface area contributed by atoms with E-state index in [0.717, 1.165) is 18.9 Å². The van der Waals surface area contributed by atoms with Crippen LogP contribution in [0.4, 0.5) is 13.2 Å². The van der Waals surface area contributed by atoms with Gasteiger partial charge in [-0.15, -0.1) is 0 Å². The zero-order valence-electron chi connectivity index (χ0n) is 13.3. The minimum atomic E-state index is -5.08. The molecule has 1 aromatic heterocycles. The second kappa shape index (κ2) is 7.02. The standard InChI is InChI=1S/C14H17N3.C2HF3O2/c1-10-6-7-13(15-8-10)11-4-3-5-14-12(11)9-16-17(14)2;3-2(4,5)1(6)7/h3-5,9-10H,6-8H2,1-2H3;(H,6,7). The Morgan fingerprint density at radius 2 is 2.04 bits per heavy atom. The Morgan fingerprint density at radius 1 is 1.38 bits per heavy atom. The van der Waals surface area contributed by atoms with Gasteiger partial charge >= 0.3 is 12.1 Å².